The van der Waals surface area contributed by atoms with Crippen LogP contribution in [-0.2, 0) is 13.2 Å². The molecule has 2 aromatic rings. The highest BCUT2D eigenvalue weighted by Crippen LogP contribution is 2.21. The van der Waals surface area contributed by atoms with Crippen molar-refractivity contribution in [2.75, 3.05) is 0 Å². The van der Waals surface area contributed by atoms with E-state index >= 15 is 0 Å². The molecular weight excluding hydrogens is 240 g/mol. The molecule has 0 radical (unpaired) electrons. The molecule has 2 rings (SSSR count). The van der Waals surface area contributed by atoms with Crippen LogP contribution in [-0.4, -0.2) is 15.3 Å². The zero-order valence-electron chi connectivity index (χ0n) is 11.5. The van der Waals surface area contributed by atoms with E-state index in [2.05, 4.69) is 11.9 Å². The number of hydrogen-bond donors (Lipinski definition) is 0. The first-order valence-electron chi connectivity index (χ1n) is 6.36. The van der Waals surface area contributed by atoms with Crippen LogP contribution < -0.4 is 4.74 Å². The molecule has 0 fully saturated rings. The molecule has 0 spiro atoms. The summed E-state index contributed by atoms with van der Waals surface area (Å²) in [5, 5.41) is 0. The number of carbonyl (C=O) groups is 1. The average Bonchev–Trinajstić information content (AvgIpc) is 2.84. The van der Waals surface area contributed by atoms with E-state index in [1.54, 1.807) is 13.1 Å². The quantitative estimate of drug-likeness (QED) is 0.774. The Hall–Kier alpha value is -2.10. The number of ketones is 1. The molecule has 0 unspecified atom stereocenters. The molecule has 0 aliphatic rings. The second kappa shape index (κ2) is 5.69. The van der Waals surface area contributed by atoms with Crippen molar-refractivity contribution in [3.63, 3.8) is 0 Å². The number of Topliss-reactive ketones (excluding diaryl/α,β-unsaturated/α-hetero) is 1. The molecule has 0 N–H and O–H groups in total. The lowest BCUT2D eigenvalue weighted by Crippen LogP contribution is -2.07. The summed E-state index contributed by atoms with van der Waals surface area (Å²) < 4.78 is 7.75. The second-order valence-electron chi connectivity index (χ2n) is 4.47. The van der Waals surface area contributed by atoms with Gasteiger partial charge in [0, 0.05) is 18.9 Å². The second-order valence-corrected chi connectivity index (χ2v) is 4.47. The van der Waals surface area contributed by atoms with Crippen LogP contribution in [0.2, 0.25) is 0 Å². The van der Waals surface area contributed by atoms with Gasteiger partial charge >= 0.3 is 0 Å². The highest BCUT2D eigenvalue weighted by atomic mass is 16.5. The smallest absolute Gasteiger partial charge is 0.163 e. The fraction of sp³-hybridized carbons (Fsp3) is 0.333. The number of nitrogens with zero attached hydrogens (tertiary/aromatic N) is 2. The number of ether oxygens (including phenoxy) is 1. The van der Waals surface area contributed by atoms with Gasteiger partial charge in [0.05, 0.1) is 5.56 Å². The van der Waals surface area contributed by atoms with Gasteiger partial charge < -0.3 is 9.30 Å². The van der Waals surface area contributed by atoms with Crippen LogP contribution in [0.4, 0.5) is 0 Å². The Morgan fingerprint density at radius 1 is 1.42 bits per heavy atom. The summed E-state index contributed by atoms with van der Waals surface area (Å²) in [4.78, 5) is 15.8. The Kier molecular flexibility index (Phi) is 4.00. The van der Waals surface area contributed by atoms with Gasteiger partial charge in [-0.15, -0.1) is 0 Å². The van der Waals surface area contributed by atoms with Gasteiger partial charge in [-0.05, 0) is 32.9 Å². The molecule has 4 nitrogen and oxygen atoms in total. The Balaban J connectivity index is 2.18. The maximum atomic E-state index is 11.6. The number of benzene rings is 1. The van der Waals surface area contributed by atoms with Crippen LogP contribution >= 0.6 is 0 Å². The largest absolute Gasteiger partial charge is 0.485 e. The van der Waals surface area contributed by atoms with Crippen molar-refractivity contribution < 1.29 is 9.53 Å². The maximum Gasteiger partial charge on any atom is 0.163 e. The first-order chi connectivity index (χ1) is 9.11. The number of hydrogen-bond acceptors (Lipinski definition) is 3. The molecule has 100 valence electrons. The van der Waals surface area contributed by atoms with Crippen molar-refractivity contribution in [1.29, 1.82) is 0 Å². The molecule has 0 amide bonds. The Bertz CT molecular complexity index is 588. The third-order valence-electron chi connectivity index (χ3n) is 3.01. The van der Waals surface area contributed by atoms with Gasteiger partial charge in [-0.3, -0.25) is 4.79 Å². The lowest BCUT2D eigenvalue weighted by atomic mass is 10.1. The van der Waals surface area contributed by atoms with Crippen LogP contribution in [0.25, 0.3) is 0 Å². The summed E-state index contributed by atoms with van der Waals surface area (Å²) in [7, 11) is 0. The van der Waals surface area contributed by atoms with Gasteiger partial charge in [-0.25, -0.2) is 4.98 Å². The minimum Gasteiger partial charge on any atom is -0.485 e. The lowest BCUT2D eigenvalue weighted by Gasteiger charge is -2.11. The molecule has 0 aliphatic heterocycles. The van der Waals surface area contributed by atoms with E-state index in [0.717, 1.165) is 17.9 Å². The van der Waals surface area contributed by atoms with Crippen LogP contribution in [0.15, 0.2) is 30.6 Å². The summed E-state index contributed by atoms with van der Waals surface area (Å²) in [5.41, 5.74) is 1.67. The van der Waals surface area contributed by atoms with E-state index in [9.17, 15) is 4.79 Å². The standard InChI is InChI=1S/C15H18N2O2/c1-4-17-8-7-16-15(17)10-19-14-6-5-11(2)9-13(14)12(3)18/h5-9H,4,10H2,1-3H3. The van der Waals surface area contributed by atoms with E-state index in [4.69, 9.17) is 4.74 Å². The molecule has 0 saturated carbocycles. The first kappa shape index (κ1) is 13.3. The highest BCUT2D eigenvalue weighted by Gasteiger charge is 2.10. The number of aromatic nitrogens is 2. The predicted octanol–water partition coefficient (Wildman–Crippen LogP) is 2.99. The van der Waals surface area contributed by atoms with Gasteiger partial charge in [0.1, 0.15) is 18.2 Å². The number of aryl methyl sites for hydroxylation is 2. The molecule has 0 atom stereocenters. The molecular formula is C15H18N2O2. The maximum absolute atomic E-state index is 11.6. The van der Waals surface area contributed by atoms with Crippen molar-refractivity contribution in [2.45, 2.75) is 33.9 Å². The Morgan fingerprint density at radius 2 is 2.21 bits per heavy atom. The predicted molar refractivity (Wildman–Crippen MR) is 73.4 cm³/mol. The molecule has 1 aromatic carbocycles. The van der Waals surface area contributed by atoms with E-state index in [-0.39, 0.29) is 5.78 Å². The van der Waals surface area contributed by atoms with Crippen molar-refractivity contribution in [2.24, 2.45) is 0 Å². The van der Waals surface area contributed by atoms with Gasteiger partial charge in [0.2, 0.25) is 0 Å². The van der Waals surface area contributed by atoms with Gasteiger partial charge in [-0.1, -0.05) is 11.6 Å². The van der Waals surface area contributed by atoms with Crippen molar-refractivity contribution in [3.8, 4) is 5.75 Å². The van der Waals surface area contributed by atoms with Crippen molar-refractivity contribution in [1.82, 2.24) is 9.55 Å². The SMILES string of the molecule is CCn1ccnc1COc1ccc(C)cc1C(C)=O. The summed E-state index contributed by atoms with van der Waals surface area (Å²) in [6, 6.07) is 5.63. The average molecular weight is 258 g/mol. The summed E-state index contributed by atoms with van der Waals surface area (Å²) in [6.07, 6.45) is 3.67. The van der Waals surface area contributed by atoms with Gasteiger partial charge in [0.25, 0.3) is 0 Å². The van der Waals surface area contributed by atoms with Gasteiger partial charge in [-0.2, -0.15) is 0 Å². The molecule has 0 aliphatic carbocycles. The number of imidazole rings is 1. The van der Waals surface area contributed by atoms with E-state index < -0.39 is 0 Å². The first-order valence-corrected chi connectivity index (χ1v) is 6.36. The Morgan fingerprint density at radius 3 is 2.89 bits per heavy atom. The summed E-state index contributed by atoms with van der Waals surface area (Å²) >= 11 is 0. The van der Waals surface area contributed by atoms with Crippen molar-refractivity contribution >= 4 is 5.78 Å². The van der Waals surface area contributed by atoms with Crippen LogP contribution in [0.1, 0.15) is 35.6 Å². The lowest BCUT2D eigenvalue weighted by molar-refractivity contribution is 0.101. The number of rotatable bonds is 5. The highest BCUT2D eigenvalue weighted by molar-refractivity contribution is 5.97. The molecule has 19 heavy (non-hydrogen) atoms. The fourth-order valence-corrected chi connectivity index (χ4v) is 1.96. The fourth-order valence-electron chi connectivity index (χ4n) is 1.96. The molecule has 4 heteroatoms. The molecule has 1 aromatic heterocycles. The minimum atomic E-state index is 0.0116. The molecule has 0 saturated heterocycles. The number of carbonyl (C=O) groups excluding carboxylic acids is 1. The zero-order chi connectivity index (χ0) is 13.8. The zero-order valence-corrected chi connectivity index (χ0v) is 11.5. The minimum absolute atomic E-state index is 0.0116. The Labute approximate surface area is 113 Å². The van der Waals surface area contributed by atoms with Crippen LogP contribution in [0.5, 0.6) is 5.75 Å². The van der Waals surface area contributed by atoms with E-state index in [0.29, 0.717) is 17.9 Å². The summed E-state index contributed by atoms with van der Waals surface area (Å²) in [5.74, 6) is 1.49. The monoisotopic (exact) mass is 258 g/mol. The van der Waals surface area contributed by atoms with E-state index in [1.807, 2.05) is 35.9 Å². The topological polar surface area (TPSA) is 44.1 Å². The van der Waals surface area contributed by atoms with Crippen molar-refractivity contribution in [3.05, 3.63) is 47.5 Å². The third-order valence-corrected chi connectivity index (χ3v) is 3.01. The van der Waals surface area contributed by atoms with Gasteiger partial charge in [0.15, 0.2) is 5.78 Å². The molecule has 0 bridgehead atoms. The summed E-state index contributed by atoms with van der Waals surface area (Å²) in [6.45, 7) is 6.78. The normalized spacial score (nSPS) is 10.5. The molecule has 1 heterocycles. The van der Waals surface area contributed by atoms with Crippen LogP contribution in [0, 0.1) is 6.92 Å². The third kappa shape index (κ3) is 3.02. The van der Waals surface area contributed by atoms with E-state index in [1.165, 1.54) is 0 Å². The van der Waals surface area contributed by atoms with Crippen LogP contribution in [0.3, 0.4) is 0 Å².